The van der Waals surface area contributed by atoms with Gasteiger partial charge in [-0.3, -0.25) is 4.79 Å². The van der Waals surface area contributed by atoms with Crippen molar-refractivity contribution in [2.45, 2.75) is 38.5 Å². The lowest BCUT2D eigenvalue weighted by atomic mass is 9.97. The number of carbonyl (C=O) groups excluding carboxylic acids is 1. The average molecular weight is 405 g/mol. The average Bonchev–Trinajstić information content (AvgIpc) is 3.20. The van der Waals surface area contributed by atoms with Gasteiger partial charge in [0.25, 0.3) is 0 Å². The summed E-state index contributed by atoms with van der Waals surface area (Å²) in [5.41, 5.74) is 1.90. The summed E-state index contributed by atoms with van der Waals surface area (Å²) in [5, 5.41) is 2.97. The second-order valence-electron chi connectivity index (χ2n) is 7.36. The lowest BCUT2D eigenvalue weighted by Crippen LogP contribution is -2.43. The Labute approximate surface area is 166 Å². The number of aromatic nitrogens is 2. The number of nitrogens with one attached hydrogen (secondary N) is 1. The number of rotatable bonds is 8. The van der Waals surface area contributed by atoms with Crippen molar-refractivity contribution < 1.29 is 13.2 Å². The van der Waals surface area contributed by atoms with Gasteiger partial charge in [-0.15, -0.1) is 0 Å². The van der Waals surface area contributed by atoms with Crippen LogP contribution < -0.4 is 5.32 Å². The molecule has 7 nitrogen and oxygen atoms in total. The van der Waals surface area contributed by atoms with Crippen molar-refractivity contribution >= 4 is 15.9 Å². The van der Waals surface area contributed by atoms with E-state index in [1.807, 2.05) is 42.0 Å². The Bertz CT molecular complexity index is 855. The van der Waals surface area contributed by atoms with Crippen LogP contribution >= 0.6 is 0 Å². The van der Waals surface area contributed by atoms with E-state index in [1.165, 1.54) is 4.31 Å². The molecule has 0 radical (unpaired) electrons. The maximum absolute atomic E-state index is 12.7. The maximum atomic E-state index is 12.7. The number of carbonyl (C=O) groups is 1. The van der Waals surface area contributed by atoms with Crippen molar-refractivity contribution in [3.63, 3.8) is 0 Å². The molecule has 1 aromatic carbocycles. The van der Waals surface area contributed by atoms with E-state index in [-0.39, 0.29) is 17.6 Å². The summed E-state index contributed by atoms with van der Waals surface area (Å²) < 4.78 is 28.8. The van der Waals surface area contributed by atoms with Crippen LogP contribution in [0.15, 0.2) is 43.0 Å². The molecular weight excluding hydrogens is 376 g/mol. The van der Waals surface area contributed by atoms with Crippen LogP contribution in [-0.4, -0.2) is 47.8 Å². The summed E-state index contributed by atoms with van der Waals surface area (Å²) in [7, 11) is -3.35. The summed E-state index contributed by atoms with van der Waals surface area (Å²) in [4.78, 5) is 16.3. The number of hydrogen-bond acceptors (Lipinski definition) is 4. The monoisotopic (exact) mass is 404 g/mol. The molecule has 0 aliphatic carbocycles. The molecule has 3 rings (SSSR count). The van der Waals surface area contributed by atoms with Crippen LogP contribution in [0.3, 0.4) is 0 Å². The molecule has 2 heterocycles. The third-order valence-electron chi connectivity index (χ3n) is 5.14. The Morgan fingerprint density at radius 3 is 2.57 bits per heavy atom. The molecule has 1 amide bonds. The normalized spacial score (nSPS) is 16.2. The summed E-state index contributed by atoms with van der Waals surface area (Å²) in [6.07, 6.45) is 7.37. The van der Waals surface area contributed by atoms with Crippen LogP contribution in [0, 0.1) is 12.8 Å². The highest BCUT2D eigenvalue weighted by molar-refractivity contribution is 7.88. The minimum absolute atomic E-state index is 0.0123. The molecule has 2 aromatic rings. The number of nitrogens with zero attached hydrogens (tertiary/aromatic N) is 3. The summed E-state index contributed by atoms with van der Waals surface area (Å²) in [6, 6.07) is 7.57. The second-order valence-corrected chi connectivity index (χ2v) is 9.33. The highest BCUT2D eigenvalue weighted by Gasteiger charge is 2.30. The minimum Gasteiger partial charge on any atom is -0.356 e. The predicted molar refractivity (Wildman–Crippen MR) is 108 cm³/mol. The van der Waals surface area contributed by atoms with E-state index in [4.69, 9.17) is 0 Å². The Kier molecular flexibility index (Phi) is 6.85. The first-order chi connectivity index (χ1) is 13.4. The fourth-order valence-corrected chi connectivity index (χ4v) is 4.98. The number of aryl methyl sites for hydroxylation is 2. The first-order valence-corrected chi connectivity index (χ1v) is 11.3. The molecule has 0 saturated carbocycles. The van der Waals surface area contributed by atoms with Gasteiger partial charge >= 0.3 is 0 Å². The van der Waals surface area contributed by atoms with Crippen LogP contribution in [-0.2, 0) is 27.1 Å². The molecule has 1 N–H and O–H groups in total. The van der Waals surface area contributed by atoms with Gasteiger partial charge in [-0.05, 0) is 31.7 Å². The molecule has 0 spiro atoms. The summed E-state index contributed by atoms with van der Waals surface area (Å²) >= 11 is 0. The molecule has 1 saturated heterocycles. The van der Waals surface area contributed by atoms with E-state index in [0.29, 0.717) is 32.5 Å². The molecular formula is C20H28N4O3S. The minimum atomic E-state index is -3.35. The highest BCUT2D eigenvalue weighted by Crippen LogP contribution is 2.22. The van der Waals surface area contributed by atoms with E-state index in [2.05, 4.69) is 10.3 Å². The Morgan fingerprint density at radius 1 is 1.21 bits per heavy atom. The first-order valence-electron chi connectivity index (χ1n) is 9.71. The fraction of sp³-hybridized carbons (Fsp3) is 0.500. The van der Waals surface area contributed by atoms with Gasteiger partial charge in [0.15, 0.2) is 0 Å². The molecule has 0 unspecified atom stereocenters. The fourth-order valence-electron chi connectivity index (χ4n) is 3.42. The maximum Gasteiger partial charge on any atom is 0.223 e. The molecule has 1 aliphatic rings. The van der Waals surface area contributed by atoms with Gasteiger partial charge in [-0.25, -0.2) is 17.7 Å². The van der Waals surface area contributed by atoms with Crippen LogP contribution in [0.1, 0.15) is 30.4 Å². The Morgan fingerprint density at radius 2 is 1.93 bits per heavy atom. The zero-order chi connectivity index (χ0) is 20.0. The van der Waals surface area contributed by atoms with Gasteiger partial charge in [-0.2, -0.15) is 0 Å². The van der Waals surface area contributed by atoms with E-state index >= 15 is 0 Å². The van der Waals surface area contributed by atoms with E-state index in [9.17, 15) is 13.2 Å². The number of benzene rings is 1. The zero-order valence-corrected chi connectivity index (χ0v) is 17.1. The molecule has 1 aliphatic heterocycles. The van der Waals surface area contributed by atoms with Crippen molar-refractivity contribution in [3.05, 3.63) is 54.1 Å². The van der Waals surface area contributed by atoms with Gasteiger partial charge in [0.2, 0.25) is 15.9 Å². The van der Waals surface area contributed by atoms with Crippen LogP contribution in [0.5, 0.6) is 0 Å². The molecule has 1 aromatic heterocycles. The number of sulfonamides is 1. The first kappa shape index (κ1) is 20.5. The number of imidazole rings is 1. The smallest absolute Gasteiger partial charge is 0.223 e. The van der Waals surface area contributed by atoms with Crippen LogP contribution in [0.4, 0.5) is 0 Å². The quantitative estimate of drug-likeness (QED) is 0.682. The predicted octanol–water partition coefficient (Wildman–Crippen LogP) is 1.94. The van der Waals surface area contributed by atoms with Crippen LogP contribution in [0.2, 0.25) is 0 Å². The van der Waals surface area contributed by atoms with E-state index in [0.717, 1.165) is 24.1 Å². The SMILES string of the molecule is Cc1ccc(CS(=O)(=O)N2CCC(C(=O)NCCCn3ccnc3)CC2)cc1. The molecule has 152 valence electrons. The van der Waals surface area contributed by atoms with E-state index < -0.39 is 10.0 Å². The third kappa shape index (κ3) is 5.65. The molecule has 28 heavy (non-hydrogen) atoms. The Hall–Kier alpha value is -2.19. The third-order valence-corrected chi connectivity index (χ3v) is 6.99. The topological polar surface area (TPSA) is 84.3 Å². The summed E-state index contributed by atoms with van der Waals surface area (Å²) in [6.45, 7) is 4.22. The van der Waals surface area contributed by atoms with Crippen molar-refractivity contribution in [3.8, 4) is 0 Å². The molecule has 0 bridgehead atoms. The lowest BCUT2D eigenvalue weighted by Gasteiger charge is -2.30. The number of amides is 1. The number of piperidine rings is 1. The number of hydrogen-bond donors (Lipinski definition) is 1. The van der Waals surface area contributed by atoms with Crippen molar-refractivity contribution in [2.75, 3.05) is 19.6 Å². The Balaban J connectivity index is 1.41. The van der Waals surface area contributed by atoms with Gasteiger partial charge in [0.1, 0.15) is 0 Å². The second kappa shape index (κ2) is 9.34. The van der Waals surface area contributed by atoms with E-state index in [1.54, 1.807) is 12.5 Å². The van der Waals surface area contributed by atoms with Gasteiger partial charge in [0.05, 0.1) is 12.1 Å². The summed E-state index contributed by atoms with van der Waals surface area (Å²) in [5.74, 6) is -0.0708. The highest BCUT2D eigenvalue weighted by atomic mass is 32.2. The molecule has 1 fully saturated rings. The molecule has 8 heteroatoms. The standard InChI is InChI=1S/C20H28N4O3S/c1-17-3-5-18(6-4-17)15-28(26,27)24-12-7-19(8-13-24)20(25)22-9-2-11-23-14-10-21-16-23/h3-6,10,14,16,19H,2,7-9,11-13,15H2,1H3,(H,22,25). The van der Waals surface area contributed by atoms with Gasteiger partial charge in [0, 0.05) is 44.5 Å². The molecule has 0 atom stereocenters. The lowest BCUT2D eigenvalue weighted by molar-refractivity contribution is -0.126. The van der Waals surface area contributed by atoms with Crippen molar-refractivity contribution in [1.29, 1.82) is 0 Å². The van der Waals surface area contributed by atoms with Gasteiger partial charge < -0.3 is 9.88 Å². The van der Waals surface area contributed by atoms with Gasteiger partial charge in [-0.1, -0.05) is 29.8 Å². The largest absolute Gasteiger partial charge is 0.356 e. The van der Waals surface area contributed by atoms with Crippen LogP contribution in [0.25, 0.3) is 0 Å². The van der Waals surface area contributed by atoms with Crippen molar-refractivity contribution in [2.24, 2.45) is 5.92 Å². The zero-order valence-electron chi connectivity index (χ0n) is 16.3. The van der Waals surface area contributed by atoms with Crippen molar-refractivity contribution in [1.82, 2.24) is 19.2 Å².